The molecule has 0 amide bonds. The summed E-state index contributed by atoms with van der Waals surface area (Å²) in [5.41, 5.74) is 1.31. The quantitative estimate of drug-likeness (QED) is 0.547. The Labute approximate surface area is 122 Å². The van der Waals surface area contributed by atoms with Crippen molar-refractivity contribution in [3.63, 3.8) is 0 Å². The van der Waals surface area contributed by atoms with Crippen molar-refractivity contribution >= 4 is 15.9 Å². The van der Waals surface area contributed by atoms with Crippen LogP contribution in [0.5, 0.6) is 5.75 Å². The van der Waals surface area contributed by atoms with Crippen LogP contribution >= 0.6 is 15.9 Å². The molecule has 0 spiro atoms. The molecule has 19 heavy (non-hydrogen) atoms. The Kier molecular flexibility index (Phi) is 5.95. The number of hydrogen-bond donors (Lipinski definition) is 0. The summed E-state index contributed by atoms with van der Waals surface area (Å²) < 4.78 is 7.65. The summed E-state index contributed by atoms with van der Waals surface area (Å²) in [7, 11) is 0. The van der Waals surface area contributed by atoms with Gasteiger partial charge < -0.3 is 4.74 Å². The molecule has 3 nitrogen and oxygen atoms in total. The fourth-order valence-corrected chi connectivity index (χ4v) is 2.14. The predicted molar refractivity (Wildman–Crippen MR) is 80.9 cm³/mol. The largest absolute Gasteiger partial charge is 0.494 e. The average Bonchev–Trinajstić information content (AvgIpc) is 2.90. The molecule has 0 fully saturated rings. The summed E-state index contributed by atoms with van der Waals surface area (Å²) in [6.07, 6.45) is 7.30. The number of alkyl halides is 1. The van der Waals surface area contributed by atoms with Crippen molar-refractivity contribution in [1.29, 1.82) is 0 Å². The van der Waals surface area contributed by atoms with E-state index in [1.165, 1.54) is 5.56 Å². The standard InChI is InChI=1S/C15H19BrN2O/c16-9-4-6-14-12-17-18(13-14)10-5-11-19-15-7-2-1-3-8-15/h1-3,7-8,12-13H,4-6,9-11H2. The van der Waals surface area contributed by atoms with Gasteiger partial charge in [0, 0.05) is 24.5 Å². The molecular weight excluding hydrogens is 304 g/mol. The van der Waals surface area contributed by atoms with E-state index in [4.69, 9.17) is 4.74 Å². The predicted octanol–water partition coefficient (Wildman–Crippen LogP) is 3.68. The van der Waals surface area contributed by atoms with Crippen molar-refractivity contribution in [1.82, 2.24) is 9.78 Å². The van der Waals surface area contributed by atoms with Gasteiger partial charge in [-0.1, -0.05) is 34.1 Å². The summed E-state index contributed by atoms with van der Waals surface area (Å²) >= 11 is 3.44. The fraction of sp³-hybridized carbons (Fsp3) is 0.400. The summed E-state index contributed by atoms with van der Waals surface area (Å²) in [6.45, 7) is 1.63. The third kappa shape index (κ3) is 5.07. The molecule has 0 aliphatic rings. The van der Waals surface area contributed by atoms with E-state index in [9.17, 15) is 0 Å². The number of aryl methyl sites for hydroxylation is 2. The second-order valence-corrected chi connectivity index (χ2v) is 5.21. The van der Waals surface area contributed by atoms with Gasteiger partial charge >= 0.3 is 0 Å². The Balaban J connectivity index is 1.66. The molecule has 0 aliphatic carbocycles. The van der Waals surface area contributed by atoms with Crippen molar-refractivity contribution in [2.75, 3.05) is 11.9 Å². The maximum Gasteiger partial charge on any atom is 0.119 e. The molecule has 0 atom stereocenters. The third-order valence-electron chi connectivity index (χ3n) is 2.83. The molecule has 2 aromatic rings. The summed E-state index contributed by atoms with van der Waals surface area (Å²) in [5, 5.41) is 5.40. The van der Waals surface area contributed by atoms with Crippen LogP contribution in [0.15, 0.2) is 42.7 Å². The number of halogens is 1. The third-order valence-corrected chi connectivity index (χ3v) is 3.39. The van der Waals surface area contributed by atoms with Crippen LogP contribution in [0.4, 0.5) is 0 Å². The van der Waals surface area contributed by atoms with Gasteiger partial charge in [0.25, 0.3) is 0 Å². The molecule has 0 unspecified atom stereocenters. The maximum atomic E-state index is 5.65. The van der Waals surface area contributed by atoms with Gasteiger partial charge in [-0.25, -0.2) is 0 Å². The molecule has 1 aromatic heterocycles. The molecule has 0 radical (unpaired) electrons. The fourth-order valence-electron chi connectivity index (χ4n) is 1.86. The van der Waals surface area contributed by atoms with Crippen LogP contribution in [-0.4, -0.2) is 21.7 Å². The van der Waals surface area contributed by atoms with Crippen LogP contribution in [0.1, 0.15) is 18.4 Å². The first-order valence-electron chi connectivity index (χ1n) is 6.63. The van der Waals surface area contributed by atoms with E-state index in [0.29, 0.717) is 0 Å². The van der Waals surface area contributed by atoms with E-state index in [1.54, 1.807) is 0 Å². The summed E-state index contributed by atoms with van der Waals surface area (Å²) in [5.74, 6) is 0.931. The molecule has 0 aliphatic heterocycles. The minimum absolute atomic E-state index is 0.723. The van der Waals surface area contributed by atoms with Gasteiger partial charge in [-0.15, -0.1) is 0 Å². The smallest absolute Gasteiger partial charge is 0.119 e. The van der Waals surface area contributed by atoms with Crippen molar-refractivity contribution in [2.24, 2.45) is 0 Å². The average molecular weight is 323 g/mol. The van der Waals surface area contributed by atoms with E-state index in [-0.39, 0.29) is 0 Å². The number of ether oxygens (including phenoxy) is 1. The first kappa shape index (κ1) is 14.1. The topological polar surface area (TPSA) is 27.1 Å². The van der Waals surface area contributed by atoms with Crippen LogP contribution in [0.3, 0.4) is 0 Å². The Morgan fingerprint density at radius 2 is 2.00 bits per heavy atom. The van der Waals surface area contributed by atoms with Crippen LogP contribution in [0, 0.1) is 0 Å². The van der Waals surface area contributed by atoms with E-state index in [1.807, 2.05) is 41.2 Å². The lowest BCUT2D eigenvalue weighted by Gasteiger charge is -2.05. The minimum Gasteiger partial charge on any atom is -0.494 e. The number of para-hydroxylation sites is 1. The zero-order valence-corrected chi connectivity index (χ0v) is 12.6. The number of hydrogen-bond acceptors (Lipinski definition) is 2. The highest BCUT2D eigenvalue weighted by molar-refractivity contribution is 9.09. The normalized spacial score (nSPS) is 10.6. The number of rotatable bonds is 8. The zero-order chi connectivity index (χ0) is 13.3. The van der Waals surface area contributed by atoms with Crippen molar-refractivity contribution < 1.29 is 4.74 Å². The first-order chi connectivity index (χ1) is 9.38. The molecule has 0 saturated heterocycles. The monoisotopic (exact) mass is 322 g/mol. The van der Waals surface area contributed by atoms with Gasteiger partial charge in [0.2, 0.25) is 0 Å². The van der Waals surface area contributed by atoms with Gasteiger partial charge in [0.1, 0.15) is 5.75 Å². The lowest BCUT2D eigenvalue weighted by Crippen LogP contribution is -2.04. The van der Waals surface area contributed by atoms with Crippen LogP contribution in [-0.2, 0) is 13.0 Å². The number of aromatic nitrogens is 2. The molecular formula is C15H19BrN2O. The number of benzene rings is 1. The van der Waals surface area contributed by atoms with Gasteiger partial charge in [0.05, 0.1) is 12.8 Å². The Morgan fingerprint density at radius 3 is 2.79 bits per heavy atom. The molecule has 0 saturated carbocycles. The zero-order valence-electron chi connectivity index (χ0n) is 11.0. The second-order valence-electron chi connectivity index (χ2n) is 4.42. The molecule has 2 rings (SSSR count). The van der Waals surface area contributed by atoms with E-state index < -0.39 is 0 Å². The highest BCUT2D eigenvalue weighted by Crippen LogP contribution is 2.09. The van der Waals surface area contributed by atoms with E-state index in [2.05, 4.69) is 27.2 Å². The molecule has 1 heterocycles. The summed E-state index contributed by atoms with van der Waals surface area (Å²) in [6, 6.07) is 9.92. The summed E-state index contributed by atoms with van der Waals surface area (Å²) in [4.78, 5) is 0. The van der Waals surface area contributed by atoms with Crippen LogP contribution in [0.2, 0.25) is 0 Å². The van der Waals surface area contributed by atoms with E-state index in [0.717, 1.165) is 43.5 Å². The minimum atomic E-state index is 0.723. The van der Waals surface area contributed by atoms with Gasteiger partial charge in [-0.05, 0) is 30.5 Å². The highest BCUT2D eigenvalue weighted by atomic mass is 79.9. The molecule has 102 valence electrons. The van der Waals surface area contributed by atoms with Gasteiger partial charge in [0.15, 0.2) is 0 Å². The molecule has 1 aromatic carbocycles. The molecule has 0 N–H and O–H groups in total. The van der Waals surface area contributed by atoms with Crippen molar-refractivity contribution in [3.8, 4) is 5.75 Å². The first-order valence-corrected chi connectivity index (χ1v) is 7.76. The van der Waals surface area contributed by atoms with Crippen LogP contribution in [0.25, 0.3) is 0 Å². The maximum absolute atomic E-state index is 5.65. The SMILES string of the molecule is BrCCCc1cnn(CCCOc2ccccc2)c1. The Hall–Kier alpha value is -1.29. The molecule has 0 bridgehead atoms. The van der Waals surface area contributed by atoms with E-state index >= 15 is 0 Å². The van der Waals surface area contributed by atoms with Crippen molar-refractivity contribution in [3.05, 3.63) is 48.3 Å². The van der Waals surface area contributed by atoms with Crippen molar-refractivity contribution in [2.45, 2.75) is 25.8 Å². The Morgan fingerprint density at radius 1 is 1.16 bits per heavy atom. The lowest BCUT2D eigenvalue weighted by molar-refractivity contribution is 0.298. The van der Waals surface area contributed by atoms with Crippen LogP contribution < -0.4 is 4.74 Å². The number of nitrogens with zero attached hydrogens (tertiary/aromatic N) is 2. The highest BCUT2D eigenvalue weighted by Gasteiger charge is 1.99. The molecule has 4 heteroatoms. The Bertz CT molecular complexity index is 470. The van der Waals surface area contributed by atoms with Gasteiger partial charge in [-0.2, -0.15) is 5.10 Å². The van der Waals surface area contributed by atoms with Gasteiger partial charge in [-0.3, -0.25) is 4.68 Å². The lowest BCUT2D eigenvalue weighted by atomic mass is 10.2. The second kappa shape index (κ2) is 8.00.